The fourth-order valence-corrected chi connectivity index (χ4v) is 0.596. The summed E-state index contributed by atoms with van der Waals surface area (Å²) < 4.78 is 0.0934. The molecule has 0 fully saturated rings. The lowest BCUT2D eigenvalue weighted by molar-refractivity contribution is 0.131. The third-order valence-electron chi connectivity index (χ3n) is 1.08. The molecule has 3 N–H and O–H groups in total. The van der Waals surface area contributed by atoms with Gasteiger partial charge in [-0.15, -0.1) is 4.73 Å². The van der Waals surface area contributed by atoms with Gasteiger partial charge in [-0.2, -0.15) is 4.99 Å². The van der Waals surface area contributed by atoms with E-state index in [1.54, 1.807) is 0 Å². The Morgan fingerprint density at radius 2 is 2.18 bits per heavy atom. The predicted molar refractivity (Wildman–Crippen MR) is 32.7 cm³/mol. The Morgan fingerprint density at radius 1 is 1.55 bits per heavy atom. The van der Waals surface area contributed by atoms with Crippen LogP contribution in [-0.2, 0) is 4.79 Å². The number of aliphatic imine (C=N–C) groups is 1. The molecule has 0 aliphatic heterocycles. The molecule has 58 valence electrons. The highest BCUT2D eigenvalue weighted by Gasteiger charge is 2.11. The van der Waals surface area contributed by atoms with E-state index in [4.69, 9.17) is 15.4 Å². The zero-order chi connectivity index (χ0) is 8.43. The van der Waals surface area contributed by atoms with Crippen LogP contribution in [0.1, 0.15) is 0 Å². The zero-order valence-electron chi connectivity index (χ0n) is 5.22. The number of hydrogen-bond donors (Lipinski definition) is 3. The molecule has 1 heterocycles. The van der Waals surface area contributed by atoms with E-state index >= 15 is 0 Å². The second-order valence-corrected chi connectivity index (χ2v) is 1.73. The fourth-order valence-electron chi connectivity index (χ4n) is 0.596. The molecule has 0 atom stereocenters. The van der Waals surface area contributed by atoms with Gasteiger partial charge in [0.1, 0.15) is 5.69 Å². The summed E-state index contributed by atoms with van der Waals surface area (Å²) in [5, 5.41) is 26.2. The Labute approximate surface area is 60.6 Å². The summed E-state index contributed by atoms with van der Waals surface area (Å²) >= 11 is 0. The van der Waals surface area contributed by atoms with Crippen LogP contribution in [-0.4, -0.2) is 26.2 Å². The smallest absolute Gasteiger partial charge is 0.256 e. The molecule has 11 heavy (non-hydrogen) atoms. The average Bonchev–Trinajstić information content (AvgIpc) is 2.19. The molecule has 0 aromatic carbocycles. The van der Waals surface area contributed by atoms with Gasteiger partial charge in [0.05, 0.1) is 0 Å². The summed E-state index contributed by atoms with van der Waals surface area (Å²) in [6.45, 7) is 0. The first-order chi connectivity index (χ1) is 5.16. The van der Waals surface area contributed by atoms with Gasteiger partial charge in [0.15, 0.2) is 0 Å². The maximum Gasteiger partial charge on any atom is 0.256 e. The Hall–Kier alpha value is -1.94. The average molecular weight is 156 g/mol. The summed E-state index contributed by atoms with van der Waals surface area (Å²) in [6.07, 6.45) is 1.14. The quantitative estimate of drug-likeness (QED) is 0.305. The maximum atomic E-state index is 9.67. The predicted octanol–water partition coefficient (Wildman–Crippen LogP) is 0.104. The minimum Gasteiger partial charge on any atom is -0.492 e. The topological polar surface area (TPSA) is 95.0 Å². The van der Waals surface area contributed by atoms with Gasteiger partial charge in [-0.3, -0.25) is 0 Å². The second kappa shape index (κ2) is 2.36. The monoisotopic (exact) mass is 156 g/mol. The second-order valence-electron chi connectivity index (χ2n) is 1.73. The fraction of sp³-hybridized carbons (Fsp3) is 0. The first-order valence-electron chi connectivity index (χ1n) is 2.57. The Morgan fingerprint density at radius 3 is 2.55 bits per heavy atom. The third-order valence-corrected chi connectivity index (χ3v) is 1.08. The number of hydrogen-bond acceptors (Lipinski definition) is 5. The number of rotatable bonds is 1. The number of aromatic nitrogens is 1. The molecule has 1 rings (SSSR count). The molecule has 6 nitrogen and oxygen atoms in total. The van der Waals surface area contributed by atoms with Crippen LogP contribution in [0.4, 0.5) is 5.69 Å². The highest BCUT2D eigenvalue weighted by molar-refractivity contribution is 5.57. The number of carbonyl (C=O) groups excluding carboxylic acids is 1. The molecule has 0 radical (unpaired) electrons. The zero-order valence-corrected chi connectivity index (χ0v) is 5.22. The first kappa shape index (κ1) is 7.17. The van der Waals surface area contributed by atoms with Gasteiger partial charge in [0.25, 0.3) is 5.88 Å². The molecule has 0 saturated heterocycles. The summed E-state index contributed by atoms with van der Waals surface area (Å²) in [4.78, 5) is 12.7. The molecule has 0 spiro atoms. The Kier molecular flexibility index (Phi) is 1.54. The van der Waals surface area contributed by atoms with Gasteiger partial charge >= 0.3 is 0 Å². The van der Waals surface area contributed by atoms with Gasteiger partial charge in [0.2, 0.25) is 12.0 Å². The SMILES string of the molecule is O=C=Nc1cc(O)n(O)c1O. The molecule has 1 aromatic heterocycles. The lowest BCUT2D eigenvalue weighted by Crippen LogP contribution is -1.85. The van der Waals surface area contributed by atoms with E-state index in [2.05, 4.69) is 4.99 Å². The van der Waals surface area contributed by atoms with Gasteiger partial charge < -0.3 is 15.4 Å². The van der Waals surface area contributed by atoms with E-state index in [0.717, 1.165) is 12.1 Å². The molecular weight excluding hydrogens is 152 g/mol. The summed E-state index contributed by atoms with van der Waals surface area (Å²) in [7, 11) is 0. The van der Waals surface area contributed by atoms with Crippen molar-refractivity contribution in [3.63, 3.8) is 0 Å². The van der Waals surface area contributed by atoms with Crippen LogP contribution in [0.2, 0.25) is 0 Å². The molecular formula is C5H4N2O4. The minimum absolute atomic E-state index is 0.0934. The van der Waals surface area contributed by atoms with Crippen LogP contribution in [0.15, 0.2) is 11.1 Å². The van der Waals surface area contributed by atoms with Gasteiger partial charge in [-0.25, -0.2) is 4.79 Å². The van der Waals surface area contributed by atoms with Crippen LogP contribution in [0, 0.1) is 0 Å². The molecule has 0 aliphatic carbocycles. The van der Waals surface area contributed by atoms with E-state index in [-0.39, 0.29) is 10.4 Å². The van der Waals surface area contributed by atoms with Crippen molar-refractivity contribution in [2.45, 2.75) is 0 Å². The number of nitrogens with zero attached hydrogens (tertiary/aromatic N) is 2. The third kappa shape index (κ3) is 1.02. The molecule has 6 heteroatoms. The first-order valence-corrected chi connectivity index (χ1v) is 2.57. The lowest BCUT2D eigenvalue weighted by Gasteiger charge is -1.92. The van der Waals surface area contributed by atoms with E-state index in [1.807, 2.05) is 0 Å². The Balaban J connectivity index is 3.29. The van der Waals surface area contributed by atoms with Gasteiger partial charge in [0, 0.05) is 6.07 Å². The Bertz CT molecular complexity index is 323. The van der Waals surface area contributed by atoms with Crippen LogP contribution in [0.3, 0.4) is 0 Å². The molecule has 0 unspecified atom stereocenters. The molecule has 0 amide bonds. The molecule has 1 aromatic rings. The highest BCUT2D eigenvalue weighted by Crippen LogP contribution is 2.32. The summed E-state index contributed by atoms with van der Waals surface area (Å²) in [5.41, 5.74) is -0.236. The van der Waals surface area contributed by atoms with E-state index in [1.165, 1.54) is 0 Å². The van der Waals surface area contributed by atoms with Crippen molar-refractivity contribution in [3.05, 3.63) is 6.07 Å². The number of isocyanates is 1. The standard InChI is InChI=1S/C5H4N2O4/c8-2-6-3-1-4(9)7(11)5(3)10/h1,9-11H. The van der Waals surface area contributed by atoms with Gasteiger partial charge in [-0.05, 0) is 0 Å². The van der Waals surface area contributed by atoms with E-state index < -0.39 is 11.8 Å². The van der Waals surface area contributed by atoms with Crippen molar-refractivity contribution in [1.82, 2.24) is 4.73 Å². The van der Waals surface area contributed by atoms with Gasteiger partial charge in [-0.1, -0.05) is 0 Å². The van der Waals surface area contributed by atoms with Crippen molar-refractivity contribution in [1.29, 1.82) is 0 Å². The van der Waals surface area contributed by atoms with Crippen LogP contribution < -0.4 is 0 Å². The lowest BCUT2D eigenvalue weighted by atomic mass is 10.5. The van der Waals surface area contributed by atoms with Crippen LogP contribution in [0.25, 0.3) is 0 Å². The summed E-state index contributed by atoms with van der Waals surface area (Å²) in [5.74, 6) is -1.30. The van der Waals surface area contributed by atoms with Crippen molar-refractivity contribution in [3.8, 4) is 11.8 Å². The van der Waals surface area contributed by atoms with Crippen molar-refractivity contribution in [2.24, 2.45) is 4.99 Å². The van der Waals surface area contributed by atoms with Crippen LogP contribution >= 0.6 is 0 Å². The van der Waals surface area contributed by atoms with Crippen molar-refractivity contribution >= 4 is 11.8 Å². The molecule has 0 saturated carbocycles. The highest BCUT2D eigenvalue weighted by atomic mass is 16.5. The minimum atomic E-state index is -0.703. The number of aromatic hydroxyl groups is 2. The largest absolute Gasteiger partial charge is 0.492 e. The normalized spacial score (nSPS) is 9.09. The van der Waals surface area contributed by atoms with Crippen LogP contribution in [0.5, 0.6) is 11.8 Å². The molecule has 0 bridgehead atoms. The maximum absolute atomic E-state index is 9.67. The van der Waals surface area contributed by atoms with Crippen molar-refractivity contribution in [2.75, 3.05) is 0 Å². The molecule has 0 aliphatic rings. The van der Waals surface area contributed by atoms with E-state index in [9.17, 15) is 4.79 Å². The van der Waals surface area contributed by atoms with E-state index in [0.29, 0.717) is 0 Å². The van der Waals surface area contributed by atoms with Crippen molar-refractivity contribution < 1.29 is 20.2 Å². The summed E-state index contributed by atoms with van der Waals surface area (Å²) in [6, 6.07) is 0.917.